The second-order valence-electron chi connectivity index (χ2n) is 9.87. The first-order valence-electron chi connectivity index (χ1n) is 11.4. The van der Waals surface area contributed by atoms with Gasteiger partial charge >= 0.3 is 0 Å². The third-order valence-electron chi connectivity index (χ3n) is 5.83. The molecule has 1 saturated heterocycles. The highest BCUT2D eigenvalue weighted by molar-refractivity contribution is 5.27. The zero-order valence-corrected chi connectivity index (χ0v) is 19.1. The third kappa shape index (κ3) is 8.53. The predicted octanol–water partition coefficient (Wildman–Crippen LogP) is 6.21. The maximum Gasteiger partial charge on any atom is 0.119 e. The SMILES string of the molecule is CC(C)CC[C@@H](CCNCc1ccc(OC(C)C)cc1)[C@@H]1CCOC(C)(C)C1. The average Bonchev–Trinajstić information content (AvgIpc) is 2.61. The molecule has 0 aliphatic carbocycles. The number of hydrogen-bond acceptors (Lipinski definition) is 3. The lowest BCUT2D eigenvalue weighted by molar-refractivity contribution is -0.0839. The van der Waals surface area contributed by atoms with Crippen LogP contribution in [0.15, 0.2) is 24.3 Å². The Bertz CT molecular complexity index is 550. The van der Waals surface area contributed by atoms with Crippen LogP contribution in [-0.4, -0.2) is 24.9 Å². The van der Waals surface area contributed by atoms with E-state index in [1.807, 2.05) is 0 Å². The quantitative estimate of drug-likeness (QED) is 0.456. The first-order chi connectivity index (χ1) is 13.2. The Hall–Kier alpha value is -1.06. The van der Waals surface area contributed by atoms with Gasteiger partial charge < -0.3 is 14.8 Å². The van der Waals surface area contributed by atoms with Gasteiger partial charge in [0, 0.05) is 13.2 Å². The van der Waals surface area contributed by atoms with Gasteiger partial charge in [-0.15, -0.1) is 0 Å². The summed E-state index contributed by atoms with van der Waals surface area (Å²) in [6.07, 6.45) is 6.60. The highest BCUT2D eigenvalue weighted by Crippen LogP contribution is 2.37. The van der Waals surface area contributed by atoms with Crippen LogP contribution in [0.1, 0.15) is 79.2 Å². The number of rotatable bonds is 11. The Balaban J connectivity index is 1.80. The monoisotopic (exact) mass is 389 g/mol. The van der Waals surface area contributed by atoms with E-state index >= 15 is 0 Å². The normalized spacial score (nSPS) is 20.5. The Morgan fingerprint density at radius 1 is 1.07 bits per heavy atom. The largest absolute Gasteiger partial charge is 0.491 e. The van der Waals surface area contributed by atoms with Gasteiger partial charge in [0.15, 0.2) is 0 Å². The van der Waals surface area contributed by atoms with E-state index in [9.17, 15) is 0 Å². The van der Waals surface area contributed by atoms with E-state index in [0.29, 0.717) is 0 Å². The van der Waals surface area contributed by atoms with E-state index in [-0.39, 0.29) is 11.7 Å². The van der Waals surface area contributed by atoms with Crippen molar-refractivity contribution >= 4 is 0 Å². The molecule has 1 aromatic rings. The molecule has 0 amide bonds. The lowest BCUT2D eigenvalue weighted by Gasteiger charge is -2.39. The van der Waals surface area contributed by atoms with Crippen LogP contribution in [0.25, 0.3) is 0 Å². The van der Waals surface area contributed by atoms with Gasteiger partial charge in [0.05, 0.1) is 11.7 Å². The minimum absolute atomic E-state index is 0.0478. The molecule has 0 bridgehead atoms. The predicted molar refractivity (Wildman–Crippen MR) is 119 cm³/mol. The number of hydrogen-bond donors (Lipinski definition) is 1. The lowest BCUT2D eigenvalue weighted by Crippen LogP contribution is -2.37. The molecule has 1 aliphatic rings. The van der Waals surface area contributed by atoms with Crippen molar-refractivity contribution in [2.75, 3.05) is 13.2 Å². The van der Waals surface area contributed by atoms with Gasteiger partial charge in [-0.25, -0.2) is 0 Å². The second-order valence-corrected chi connectivity index (χ2v) is 9.87. The summed E-state index contributed by atoms with van der Waals surface area (Å²) >= 11 is 0. The van der Waals surface area contributed by atoms with Crippen molar-refractivity contribution in [2.24, 2.45) is 17.8 Å². The fourth-order valence-electron chi connectivity index (χ4n) is 4.32. The second kappa shape index (κ2) is 11.2. The number of ether oxygens (including phenoxy) is 2. The van der Waals surface area contributed by atoms with E-state index < -0.39 is 0 Å². The molecule has 1 heterocycles. The summed E-state index contributed by atoms with van der Waals surface area (Å²) < 4.78 is 11.7. The molecule has 0 unspecified atom stereocenters. The molecule has 0 aromatic heterocycles. The zero-order chi connectivity index (χ0) is 20.6. The highest BCUT2D eigenvalue weighted by atomic mass is 16.5. The van der Waals surface area contributed by atoms with Gasteiger partial charge in [0.1, 0.15) is 5.75 Å². The summed E-state index contributed by atoms with van der Waals surface area (Å²) in [6.45, 7) is 16.3. The van der Waals surface area contributed by atoms with Crippen molar-refractivity contribution in [3.63, 3.8) is 0 Å². The minimum atomic E-state index is 0.0478. The maximum absolute atomic E-state index is 5.96. The van der Waals surface area contributed by atoms with E-state index in [1.54, 1.807) is 0 Å². The minimum Gasteiger partial charge on any atom is -0.491 e. The van der Waals surface area contributed by atoms with Crippen LogP contribution < -0.4 is 10.1 Å². The number of nitrogens with one attached hydrogen (secondary N) is 1. The molecule has 0 saturated carbocycles. The van der Waals surface area contributed by atoms with Crippen LogP contribution in [0.4, 0.5) is 0 Å². The zero-order valence-electron chi connectivity index (χ0n) is 19.1. The molecule has 1 aromatic carbocycles. The van der Waals surface area contributed by atoms with Gasteiger partial charge in [-0.3, -0.25) is 0 Å². The fraction of sp³-hybridized carbons (Fsp3) is 0.760. The molecule has 0 spiro atoms. The first kappa shape index (κ1) is 23.2. The maximum atomic E-state index is 5.96. The van der Waals surface area contributed by atoms with E-state index in [1.165, 1.54) is 37.7 Å². The fourth-order valence-corrected chi connectivity index (χ4v) is 4.32. The van der Waals surface area contributed by atoms with Crippen LogP contribution >= 0.6 is 0 Å². The van der Waals surface area contributed by atoms with Crippen LogP contribution in [0.3, 0.4) is 0 Å². The molecular weight excluding hydrogens is 346 g/mol. The van der Waals surface area contributed by atoms with Gasteiger partial charge in [0.2, 0.25) is 0 Å². The molecule has 160 valence electrons. The average molecular weight is 390 g/mol. The van der Waals surface area contributed by atoms with Gasteiger partial charge in [-0.2, -0.15) is 0 Å². The molecule has 3 heteroatoms. The summed E-state index contributed by atoms with van der Waals surface area (Å²) in [6, 6.07) is 8.49. The van der Waals surface area contributed by atoms with Crippen molar-refractivity contribution in [1.29, 1.82) is 0 Å². The van der Waals surface area contributed by atoms with Crippen molar-refractivity contribution in [3.8, 4) is 5.75 Å². The standard InChI is InChI=1S/C25H43NO2/c1-19(2)7-10-22(23-14-16-27-25(5,6)17-23)13-15-26-18-21-8-11-24(12-9-21)28-20(3)4/h8-9,11-12,19-20,22-23,26H,7,10,13-18H2,1-6H3/t22-,23+/m0/s1. The molecule has 1 fully saturated rings. The molecular formula is C25H43NO2. The van der Waals surface area contributed by atoms with Crippen LogP contribution in [-0.2, 0) is 11.3 Å². The Morgan fingerprint density at radius 3 is 2.39 bits per heavy atom. The summed E-state index contributed by atoms with van der Waals surface area (Å²) in [4.78, 5) is 0. The lowest BCUT2D eigenvalue weighted by atomic mass is 9.75. The summed E-state index contributed by atoms with van der Waals surface area (Å²) in [5, 5.41) is 3.67. The van der Waals surface area contributed by atoms with Gasteiger partial charge in [-0.1, -0.05) is 32.4 Å². The van der Waals surface area contributed by atoms with Crippen molar-refractivity contribution < 1.29 is 9.47 Å². The smallest absolute Gasteiger partial charge is 0.119 e. The summed E-state index contributed by atoms with van der Waals surface area (Å²) in [7, 11) is 0. The van der Waals surface area contributed by atoms with Gasteiger partial charge in [0.25, 0.3) is 0 Å². The Kier molecular flexibility index (Phi) is 9.30. The van der Waals surface area contributed by atoms with Crippen molar-refractivity contribution in [2.45, 2.75) is 91.9 Å². The molecule has 1 aliphatic heterocycles. The summed E-state index contributed by atoms with van der Waals surface area (Å²) in [5.74, 6) is 3.35. The van der Waals surface area contributed by atoms with Crippen LogP contribution in [0.2, 0.25) is 0 Å². The van der Waals surface area contributed by atoms with Gasteiger partial charge in [-0.05, 0) is 95.4 Å². The van der Waals surface area contributed by atoms with Crippen molar-refractivity contribution in [1.82, 2.24) is 5.32 Å². The summed E-state index contributed by atoms with van der Waals surface area (Å²) in [5.41, 5.74) is 1.37. The molecule has 2 atom stereocenters. The van der Waals surface area contributed by atoms with E-state index in [0.717, 1.165) is 43.2 Å². The van der Waals surface area contributed by atoms with Crippen LogP contribution in [0, 0.1) is 17.8 Å². The topological polar surface area (TPSA) is 30.5 Å². The molecule has 2 rings (SSSR count). The third-order valence-corrected chi connectivity index (χ3v) is 5.83. The van der Waals surface area contributed by atoms with E-state index in [2.05, 4.69) is 71.1 Å². The Labute approximate surface area is 173 Å². The van der Waals surface area contributed by atoms with Crippen LogP contribution in [0.5, 0.6) is 5.75 Å². The molecule has 28 heavy (non-hydrogen) atoms. The Morgan fingerprint density at radius 2 is 1.79 bits per heavy atom. The van der Waals surface area contributed by atoms with Crippen molar-refractivity contribution in [3.05, 3.63) is 29.8 Å². The first-order valence-corrected chi connectivity index (χ1v) is 11.4. The molecule has 1 N–H and O–H groups in total. The highest BCUT2D eigenvalue weighted by Gasteiger charge is 2.33. The number of benzene rings is 1. The molecule has 3 nitrogen and oxygen atoms in total. The molecule has 0 radical (unpaired) electrons. The van der Waals surface area contributed by atoms with E-state index in [4.69, 9.17) is 9.47 Å².